The van der Waals surface area contributed by atoms with Crippen LogP contribution in [0.2, 0.25) is 0 Å². The molecule has 0 unspecified atom stereocenters. The van der Waals surface area contributed by atoms with Crippen molar-refractivity contribution < 1.29 is 9.21 Å². The number of hydrogen-bond donors (Lipinski definition) is 0. The zero-order valence-corrected chi connectivity index (χ0v) is 10.7. The summed E-state index contributed by atoms with van der Waals surface area (Å²) in [6, 6.07) is 1.84. The molecule has 0 aliphatic heterocycles. The fourth-order valence-corrected chi connectivity index (χ4v) is 2.49. The monoisotopic (exact) mass is 232 g/mol. The third-order valence-electron chi connectivity index (χ3n) is 3.50. The Balaban J connectivity index is 2.05. The predicted octanol–water partition coefficient (Wildman–Crippen LogP) is 4.38. The second kappa shape index (κ2) is 5.35. The second-order valence-corrected chi connectivity index (χ2v) is 4.93. The largest absolute Gasteiger partial charge is 0.461 e. The van der Waals surface area contributed by atoms with Gasteiger partial charge in [-0.25, -0.2) is 0 Å². The molecule has 0 N–H and O–H groups in total. The van der Waals surface area contributed by atoms with E-state index in [9.17, 15) is 4.79 Å². The summed E-state index contributed by atoms with van der Waals surface area (Å²) < 4.78 is 5.56. The molecule has 0 bridgehead atoms. The minimum Gasteiger partial charge on any atom is -0.461 e. The number of furan rings is 1. The molecule has 1 aromatic rings. The van der Waals surface area contributed by atoms with Gasteiger partial charge in [-0.15, -0.1) is 0 Å². The van der Waals surface area contributed by atoms with E-state index in [1.165, 1.54) is 32.1 Å². The first kappa shape index (κ1) is 12.2. The molecule has 92 valence electrons. The molecule has 0 aromatic carbocycles. The normalized spacial score (nSPS) is 17.8. The summed E-state index contributed by atoms with van der Waals surface area (Å²) in [6.45, 7) is 3.42. The molecule has 2 heteroatoms. The fraction of sp³-hybridized carbons (Fsp3) is 0.533. The minimum atomic E-state index is 0.0727. The molecule has 1 aliphatic carbocycles. The van der Waals surface area contributed by atoms with Gasteiger partial charge in [-0.05, 0) is 44.7 Å². The topological polar surface area (TPSA) is 30.2 Å². The highest BCUT2D eigenvalue weighted by Crippen LogP contribution is 2.26. The maximum atomic E-state index is 11.3. The van der Waals surface area contributed by atoms with E-state index in [1.54, 1.807) is 6.92 Å². The van der Waals surface area contributed by atoms with Crippen LogP contribution in [0.3, 0.4) is 0 Å². The summed E-state index contributed by atoms with van der Waals surface area (Å²) in [5, 5.41) is 0. The van der Waals surface area contributed by atoms with Crippen LogP contribution in [0.25, 0.3) is 6.08 Å². The zero-order chi connectivity index (χ0) is 12.3. The molecule has 1 heterocycles. The summed E-state index contributed by atoms with van der Waals surface area (Å²) in [6.07, 6.45) is 10.9. The highest BCUT2D eigenvalue weighted by molar-refractivity contribution is 5.95. The lowest BCUT2D eigenvalue weighted by molar-refractivity contribution is 0.101. The van der Waals surface area contributed by atoms with Crippen LogP contribution in [0.15, 0.2) is 16.6 Å². The van der Waals surface area contributed by atoms with Crippen molar-refractivity contribution in [2.24, 2.45) is 5.92 Å². The number of carbonyl (C=O) groups is 1. The Morgan fingerprint density at radius 2 is 2.06 bits per heavy atom. The summed E-state index contributed by atoms with van der Waals surface area (Å²) in [5.41, 5.74) is 0.702. The van der Waals surface area contributed by atoms with Crippen LogP contribution in [0.1, 0.15) is 60.9 Å². The molecule has 2 nitrogen and oxygen atoms in total. The Morgan fingerprint density at radius 3 is 2.65 bits per heavy atom. The average Bonchev–Trinajstić information content (AvgIpc) is 2.69. The quantitative estimate of drug-likeness (QED) is 0.724. The summed E-state index contributed by atoms with van der Waals surface area (Å²) in [5.74, 6) is 2.29. The molecular formula is C15H20O2. The number of carbonyl (C=O) groups excluding carboxylic acids is 1. The summed E-state index contributed by atoms with van der Waals surface area (Å²) in [4.78, 5) is 11.3. The van der Waals surface area contributed by atoms with Crippen molar-refractivity contribution in [2.45, 2.75) is 46.0 Å². The van der Waals surface area contributed by atoms with Gasteiger partial charge in [0.15, 0.2) is 5.78 Å². The SMILES string of the molecule is CC(=O)c1cc(/C=C/C2CCCCC2)oc1C. The third-order valence-corrected chi connectivity index (χ3v) is 3.50. The molecule has 0 amide bonds. The summed E-state index contributed by atoms with van der Waals surface area (Å²) in [7, 11) is 0. The smallest absolute Gasteiger partial charge is 0.163 e. The molecular weight excluding hydrogens is 212 g/mol. The first-order chi connectivity index (χ1) is 8.16. The molecule has 1 aromatic heterocycles. The van der Waals surface area contributed by atoms with Gasteiger partial charge in [-0.1, -0.05) is 25.3 Å². The first-order valence-electron chi connectivity index (χ1n) is 6.46. The Labute approximate surface area is 103 Å². The molecule has 2 rings (SSSR count). The standard InChI is InChI=1S/C15H20O2/c1-11(16)15-10-14(17-12(15)2)9-8-13-6-4-3-5-7-13/h8-10,13H,3-7H2,1-2H3/b9-8+. The van der Waals surface area contributed by atoms with E-state index in [0.29, 0.717) is 11.5 Å². The van der Waals surface area contributed by atoms with Crippen molar-refractivity contribution in [1.29, 1.82) is 0 Å². The van der Waals surface area contributed by atoms with Gasteiger partial charge < -0.3 is 4.42 Å². The lowest BCUT2D eigenvalue weighted by Gasteiger charge is -2.17. The fourth-order valence-electron chi connectivity index (χ4n) is 2.49. The molecule has 0 atom stereocenters. The molecule has 0 spiro atoms. The maximum Gasteiger partial charge on any atom is 0.163 e. The van der Waals surface area contributed by atoms with E-state index in [2.05, 4.69) is 6.08 Å². The molecule has 1 saturated carbocycles. The van der Waals surface area contributed by atoms with E-state index >= 15 is 0 Å². The number of Topliss-reactive ketones (excluding diaryl/α,β-unsaturated/α-hetero) is 1. The minimum absolute atomic E-state index is 0.0727. The Morgan fingerprint density at radius 1 is 1.35 bits per heavy atom. The van der Waals surface area contributed by atoms with Crippen molar-refractivity contribution in [3.8, 4) is 0 Å². The average molecular weight is 232 g/mol. The van der Waals surface area contributed by atoms with Crippen molar-refractivity contribution in [2.75, 3.05) is 0 Å². The van der Waals surface area contributed by atoms with E-state index in [1.807, 2.05) is 19.1 Å². The van der Waals surface area contributed by atoms with Gasteiger partial charge in [0.25, 0.3) is 0 Å². The first-order valence-corrected chi connectivity index (χ1v) is 6.46. The Kier molecular flexibility index (Phi) is 3.82. The predicted molar refractivity (Wildman–Crippen MR) is 69.1 cm³/mol. The van der Waals surface area contributed by atoms with Crippen LogP contribution in [0, 0.1) is 12.8 Å². The molecule has 1 fully saturated rings. The molecule has 17 heavy (non-hydrogen) atoms. The molecule has 1 aliphatic rings. The van der Waals surface area contributed by atoms with E-state index in [-0.39, 0.29) is 5.78 Å². The van der Waals surface area contributed by atoms with Gasteiger partial charge in [0, 0.05) is 0 Å². The van der Waals surface area contributed by atoms with E-state index in [0.717, 1.165) is 11.5 Å². The van der Waals surface area contributed by atoms with Gasteiger partial charge in [0.1, 0.15) is 11.5 Å². The van der Waals surface area contributed by atoms with Crippen LogP contribution in [-0.2, 0) is 0 Å². The number of allylic oxidation sites excluding steroid dienone is 1. The Hall–Kier alpha value is -1.31. The third kappa shape index (κ3) is 3.09. The van der Waals surface area contributed by atoms with Crippen molar-refractivity contribution in [3.63, 3.8) is 0 Å². The van der Waals surface area contributed by atoms with Gasteiger partial charge in [0.05, 0.1) is 5.56 Å². The number of aryl methyl sites for hydroxylation is 1. The summed E-state index contributed by atoms with van der Waals surface area (Å²) >= 11 is 0. The second-order valence-electron chi connectivity index (χ2n) is 4.93. The van der Waals surface area contributed by atoms with Gasteiger partial charge >= 0.3 is 0 Å². The van der Waals surface area contributed by atoms with E-state index in [4.69, 9.17) is 4.42 Å². The van der Waals surface area contributed by atoms with Gasteiger partial charge in [0.2, 0.25) is 0 Å². The number of hydrogen-bond acceptors (Lipinski definition) is 2. The molecule has 0 radical (unpaired) electrons. The van der Waals surface area contributed by atoms with Crippen molar-refractivity contribution in [1.82, 2.24) is 0 Å². The van der Waals surface area contributed by atoms with Crippen molar-refractivity contribution in [3.05, 3.63) is 29.2 Å². The molecule has 0 saturated heterocycles. The zero-order valence-electron chi connectivity index (χ0n) is 10.7. The van der Waals surface area contributed by atoms with Gasteiger partial charge in [-0.2, -0.15) is 0 Å². The van der Waals surface area contributed by atoms with Crippen LogP contribution in [0.4, 0.5) is 0 Å². The van der Waals surface area contributed by atoms with Crippen LogP contribution in [0.5, 0.6) is 0 Å². The Bertz CT molecular complexity index is 420. The van der Waals surface area contributed by atoms with Crippen molar-refractivity contribution >= 4 is 11.9 Å². The number of ketones is 1. The lowest BCUT2D eigenvalue weighted by atomic mass is 9.89. The van der Waals surface area contributed by atoms with Crippen LogP contribution < -0.4 is 0 Å². The highest BCUT2D eigenvalue weighted by atomic mass is 16.3. The lowest BCUT2D eigenvalue weighted by Crippen LogP contribution is -2.02. The van der Waals surface area contributed by atoms with Crippen LogP contribution in [-0.4, -0.2) is 5.78 Å². The van der Waals surface area contributed by atoms with Crippen LogP contribution >= 0.6 is 0 Å². The highest BCUT2D eigenvalue weighted by Gasteiger charge is 2.12. The maximum absolute atomic E-state index is 11.3. The number of rotatable bonds is 3. The van der Waals surface area contributed by atoms with E-state index < -0.39 is 0 Å². The van der Waals surface area contributed by atoms with Gasteiger partial charge in [-0.3, -0.25) is 4.79 Å².